The molecule has 0 aromatic carbocycles. The zero-order chi connectivity index (χ0) is 15.8. The Morgan fingerprint density at radius 1 is 0.952 bits per heavy atom. The van der Waals surface area contributed by atoms with E-state index in [0.29, 0.717) is 5.41 Å². The van der Waals surface area contributed by atoms with Gasteiger partial charge in [0.05, 0.1) is 6.10 Å². The monoisotopic (exact) mass is 298 g/mol. The molecule has 0 spiro atoms. The lowest BCUT2D eigenvalue weighted by Gasteiger charge is -2.21. The summed E-state index contributed by atoms with van der Waals surface area (Å²) in [4.78, 5) is 0. The van der Waals surface area contributed by atoms with Crippen LogP contribution in [0.25, 0.3) is 0 Å². The SMILES string of the molecule is CC(C)(CO)CCCCCC(O)CCCCCC1(C)CC1. The summed E-state index contributed by atoms with van der Waals surface area (Å²) in [5, 5.41) is 19.2. The number of unbranched alkanes of at least 4 members (excludes halogenated alkanes) is 4. The summed E-state index contributed by atoms with van der Waals surface area (Å²) in [5.74, 6) is 0. The molecule has 1 fully saturated rings. The minimum absolute atomic E-state index is 0.0663. The first kappa shape index (κ1) is 19.0. The Morgan fingerprint density at radius 2 is 1.52 bits per heavy atom. The Balaban J connectivity index is 1.86. The summed E-state index contributed by atoms with van der Waals surface area (Å²) >= 11 is 0. The maximum absolute atomic E-state index is 9.99. The van der Waals surface area contributed by atoms with Crippen LogP contribution in [0.5, 0.6) is 0 Å². The van der Waals surface area contributed by atoms with Crippen LogP contribution in [-0.2, 0) is 0 Å². The Kier molecular flexibility index (Phi) is 8.26. The third-order valence-electron chi connectivity index (χ3n) is 5.24. The van der Waals surface area contributed by atoms with Crippen LogP contribution in [0.4, 0.5) is 0 Å². The summed E-state index contributed by atoms with van der Waals surface area (Å²) in [7, 11) is 0. The largest absolute Gasteiger partial charge is 0.396 e. The fraction of sp³-hybridized carbons (Fsp3) is 1.00. The molecule has 1 aliphatic rings. The van der Waals surface area contributed by atoms with Crippen molar-refractivity contribution in [1.29, 1.82) is 0 Å². The van der Waals surface area contributed by atoms with Crippen molar-refractivity contribution in [2.75, 3.05) is 6.61 Å². The second-order valence-electron chi connectivity index (χ2n) is 8.49. The number of rotatable bonds is 13. The Labute approximate surface area is 132 Å². The molecule has 0 bridgehead atoms. The average molecular weight is 299 g/mol. The highest BCUT2D eigenvalue weighted by atomic mass is 16.3. The van der Waals surface area contributed by atoms with Crippen LogP contribution >= 0.6 is 0 Å². The summed E-state index contributed by atoms with van der Waals surface area (Å²) in [5.41, 5.74) is 0.762. The van der Waals surface area contributed by atoms with Gasteiger partial charge in [0.1, 0.15) is 0 Å². The van der Waals surface area contributed by atoms with E-state index in [1.165, 1.54) is 51.4 Å². The Hall–Kier alpha value is -0.0800. The predicted molar refractivity (Wildman–Crippen MR) is 90.4 cm³/mol. The van der Waals surface area contributed by atoms with E-state index < -0.39 is 0 Å². The minimum atomic E-state index is -0.0904. The number of hydrogen-bond donors (Lipinski definition) is 2. The van der Waals surface area contributed by atoms with Crippen LogP contribution in [0.3, 0.4) is 0 Å². The van der Waals surface area contributed by atoms with Crippen molar-refractivity contribution in [3.05, 3.63) is 0 Å². The quantitative estimate of drug-likeness (QED) is 0.466. The molecule has 0 heterocycles. The van der Waals surface area contributed by atoms with Gasteiger partial charge in [-0.3, -0.25) is 0 Å². The van der Waals surface area contributed by atoms with E-state index in [1.807, 2.05) is 0 Å². The molecule has 0 aliphatic heterocycles. The fourth-order valence-corrected chi connectivity index (χ4v) is 2.96. The van der Waals surface area contributed by atoms with E-state index in [4.69, 9.17) is 0 Å². The summed E-state index contributed by atoms with van der Waals surface area (Å²) in [6.07, 6.45) is 14.5. The fourth-order valence-electron chi connectivity index (χ4n) is 2.96. The van der Waals surface area contributed by atoms with Crippen LogP contribution in [0.15, 0.2) is 0 Å². The van der Waals surface area contributed by atoms with Crippen molar-refractivity contribution in [3.8, 4) is 0 Å². The lowest BCUT2D eigenvalue weighted by molar-refractivity contribution is 0.138. The normalized spacial score (nSPS) is 18.7. The van der Waals surface area contributed by atoms with Crippen molar-refractivity contribution in [3.63, 3.8) is 0 Å². The van der Waals surface area contributed by atoms with E-state index in [-0.39, 0.29) is 18.1 Å². The average Bonchev–Trinajstić information content (AvgIpc) is 3.16. The first-order valence-corrected chi connectivity index (χ1v) is 9.16. The molecule has 2 nitrogen and oxygen atoms in total. The molecule has 1 saturated carbocycles. The van der Waals surface area contributed by atoms with Gasteiger partial charge in [0.2, 0.25) is 0 Å². The van der Waals surface area contributed by atoms with Gasteiger partial charge in [-0.15, -0.1) is 0 Å². The van der Waals surface area contributed by atoms with Crippen molar-refractivity contribution in [2.24, 2.45) is 10.8 Å². The van der Waals surface area contributed by atoms with E-state index in [1.54, 1.807) is 0 Å². The van der Waals surface area contributed by atoms with Gasteiger partial charge < -0.3 is 10.2 Å². The molecule has 0 saturated heterocycles. The first-order valence-electron chi connectivity index (χ1n) is 9.16. The highest BCUT2D eigenvalue weighted by molar-refractivity contribution is 4.87. The molecular weight excluding hydrogens is 260 g/mol. The number of hydrogen-bond acceptors (Lipinski definition) is 2. The maximum Gasteiger partial charge on any atom is 0.0540 e. The molecule has 1 rings (SSSR count). The van der Waals surface area contributed by atoms with Gasteiger partial charge in [-0.05, 0) is 49.4 Å². The Morgan fingerprint density at radius 3 is 2.05 bits per heavy atom. The maximum atomic E-state index is 9.99. The van der Waals surface area contributed by atoms with Gasteiger partial charge in [-0.2, -0.15) is 0 Å². The van der Waals surface area contributed by atoms with Gasteiger partial charge >= 0.3 is 0 Å². The molecule has 1 atom stereocenters. The molecule has 1 aliphatic carbocycles. The van der Waals surface area contributed by atoms with Crippen LogP contribution in [0.1, 0.15) is 97.8 Å². The third-order valence-corrected chi connectivity index (χ3v) is 5.24. The van der Waals surface area contributed by atoms with Crippen LogP contribution < -0.4 is 0 Å². The molecule has 2 heteroatoms. The molecular formula is C19H38O2. The van der Waals surface area contributed by atoms with Crippen molar-refractivity contribution in [1.82, 2.24) is 0 Å². The van der Waals surface area contributed by atoms with E-state index >= 15 is 0 Å². The molecule has 0 amide bonds. The third kappa shape index (κ3) is 9.52. The summed E-state index contributed by atoms with van der Waals surface area (Å²) in [6, 6.07) is 0. The van der Waals surface area contributed by atoms with Gasteiger partial charge in [0.25, 0.3) is 0 Å². The number of aliphatic hydroxyl groups is 2. The molecule has 0 aromatic rings. The number of aliphatic hydroxyl groups excluding tert-OH is 2. The van der Waals surface area contributed by atoms with Crippen LogP contribution in [0, 0.1) is 10.8 Å². The Bertz CT molecular complexity index is 269. The van der Waals surface area contributed by atoms with Gasteiger partial charge in [-0.25, -0.2) is 0 Å². The van der Waals surface area contributed by atoms with E-state index in [2.05, 4.69) is 20.8 Å². The van der Waals surface area contributed by atoms with Gasteiger partial charge in [-0.1, -0.05) is 59.3 Å². The predicted octanol–water partition coefficient (Wildman–Crippen LogP) is 5.07. The molecule has 126 valence electrons. The van der Waals surface area contributed by atoms with Crippen molar-refractivity contribution in [2.45, 2.75) is 104 Å². The smallest absolute Gasteiger partial charge is 0.0540 e. The highest BCUT2D eigenvalue weighted by Gasteiger charge is 2.35. The molecule has 2 N–H and O–H groups in total. The summed E-state index contributed by atoms with van der Waals surface area (Å²) in [6.45, 7) is 6.91. The lowest BCUT2D eigenvalue weighted by Crippen LogP contribution is -2.16. The van der Waals surface area contributed by atoms with Crippen molar-refractivity contribution >= 4 is 0 Å². The minimum Gasteiger partial charge on any atom is -0.396 e. The first-order chi connectivity index (χ1) is 9.87. The van der Waals surface area contributed by atoms with Gasteiger partial charge in [0.15, 0.2) is 0 Å². The second-order valence-corrected chi connectivity index (χ2v) is 8.49. The highest BCUT2D eigenvalue weighted by Crippen LogP contribution is 2.49. The lowest BCUT2D eigenvalue weighted by atomic mass is 9.88. The topological polar surface area (TPSA) is 40.5 Å². The molecule has 1 unspecified atom stereocenters. The molecule has 21 heavy (non-hydrogen) atoms. The van der Waals surface area contributed by atoms with Gasteiger partial charge in [0, 0.05) is 6.61 Å². The van der Waals surface area contributed by atoms with E-state index in [9.17, 15) is 10.2 Å². The van der Waals surface area contributed by atoms with E-state index in [0.717, 1.165) is 25.7 Å². The molecule has 0 aromatic heterocycles. The standard InChI is InChI=1S/C19H38O2/c1-18(2,16-20)12-8-4-6-10-17(21)11-7-5-9-13-19(3)14-15-19/h17,20-21H,4-16H2,1-3H3. The summed E-state index contributed by atoms with van der Waals surface area (Å²) < 4.78 is 0. The molecule has 0 radical (unpaired) electrons. The van der Waals surface area contributed by atoms with Crippen LogP contribution in [-0.4, -0.2) is 22.9 Å². The zero-order valence-corrected chi connectivity index (χ0v) is 14.7. The second kappa shape index (κ2) is 9.15. The van der Waals surface area contributed by atoms with Crippen molar-refractivity contribution < 1.29 is 10.2 Å². The zero-order valence-electron chi connectivity index (χ0n) is 14.7. The van der Waals surface area contributed by atoms with Crippen LogP contribution in [0.2, 0.25) is 0 Å².